The zero-order chi connectivity index (χ0) is 27.8. The van der Waals surface area contributed by atoms with Gasteiger partial charge in [0.25, 0.3) is 5.91 Å². The van der Waals surface area contributed by atoms with Crippen molar-refractivity contribution in [2.45, 2.75) is 45.4 Å². The van der Waals surface area contributed by atoms with Crippen LogP contribution in [-0.2, 0) is 9.53 Å². The first kappa shape index (κ1) is 26.8. The van der Waals surface area contributed by atoms with E-state index in [9.17, 15) is 4.79 Å². The fourth-order valence-corrected chi connectivity index (χ4v) is 6.34. The number of ether oxygens (including phenoxy) is 2. The van der Waals surface area contributed by atoms with Crippen LogP contribution in [0.15, 0.2) is 18.3 Å². The lowest BCUT2D eigenvalue weighted by molar-refractivity contribution is -0.132. The molecule has 0 spiro atoms. The standard InChI is InChI=1S/C30H39N7O3/c1-5-6-27(38)37-18-22(19-37)35-10-8-25(34(4)11-12-35)23-17-24-29(20(2)32-23)40-21(3)28-26(7-9-31-30(28)33-24)36-13-15-39-16-14-36/h7,9,17,21-22,25H,8,10-16,18-19H2,1-4H3,(H,31,33)/t21-,25-/m0/s1. The summed E-state index contributed by atoms with van der Waals surface area (Å²) in [6.07, 6.45) is 2.67. The molecule has 0 unspecified atom stereocenters. The molecule has 0 aromatic carbocycles. The lowest BCUT2D eigenvalue weighted by atomic mass is 10.0. The summed E-state index contributed by atoms with van der Waals surface area (Å²) < 4.78 is 12.2. The zero-order valence-electron chi connectivity index (χ0n) is 23.9. The van der Waals surface area contributed by atoms with Gasteiger partial charge >= 0.3 is 0 Å². The van der Waals surface area contributed by atoms with Crippen LogP contribution >= 0.6 is 0 Å². The summed E-state index contributed by atoms with van der Waals surface area (Å²) >= 11 is 0. The summed E-state index contributed by atoms with van der Waals surface area (Å²) in [7, 11) is 2.18. The number of fused-ring (bicyclic) bond motifs is 2. The number of likely N-dealkylation sites (tertiary alicyclic amines) is 1. The maximum absolute atomic E-state index is 12.1. The van der Waals surface area contributed by atoms with Crippen LogP contribution in [0.5, 0.6) is 5.75 Å². The molecule has 3 fully saturated rings. The Balaban J connectivity index is 1.21. The summed E-state index contributed by atoms with van der Waals surface area (Å²) in [6, 6.07) is 4.82. The highest BCUT2D eigenvalue weighted by atomic mass is 16.5. The van der Waals surface area contributed by atoms with Gasteiger partial charge < -0.3 is 24.6 Å². The molecule has 3 saturated heterocycles. The second-order valence-electron chi connectivity index (χ2n) is 11.1. The molecule has 0 aliphatic carbocycles. The van der Waals surface area contributed by atoms with E-state index in [0.29, 0.717) is 6.04 Å². The fourth-order valence-electron chi connectivity index (χ4n) is 6.34. The quantitative estimate of drug-likeness (QED) is 0.585. The minimum absolute atomic E-state index is 0.0645. The van der Waals surface area contributed by atoms with E-state index in [1.165, 1.54) is 0 Å². The van der Waals surface area contributed by atoms with E-state index in [2.05, 4.69) is 58.0 Å². The molecule has 0 saturated carbocycles. The number of rotatable bonds is 3. The second kappa shape index (κ2) is 11.2. The monoisotopic (exact) mass is 545 g/mol. The van der Waals surface area contributed by atoms with E-state index in [-0.39, 0.29) is 18.1 Å². The molecule has 212 valence electrons. The van der Waals surface area contributed by atoms with Gasteiger partial charge in [-0.1, -0.05) is 5.92 Å². The molecule has 2 aromatic rings. The predicted molar refractivity (Wildman–Crippen MR) is 154 cm³/mol. The van der Waals surface area contributed by atoms with Crippen molar-refractivity contribution >= 4 is 23.1 Å². The van der Waals surface area contributed by atoms with Crippen LogP contribution < -0.4 is 15.0 Å². The van der Waals surface area contributed by atoms with Crippen LogP contribution in [0.4, 0.5) is 17.2 Å². The van der Waals surface area contributed by atoms with Crippen LogP contribution in [0, 0.1) is 18.8 Å². The van der Waals surface area contributed by atoms with Crippen molar-refractivity contribution in [1.82, 2.24) is 24.7 Å². The number of aromatic nitrogens is 2. The molecule has 2 atom stereocenters. The summed E-state index contributed by atoms with van der Waals surface area (Å²) in [5.41, 5.74) is 5.06. The van der Waals surface area contributed by atoms with Gasteiger partial charge in [0.15, 0.2) is 5.75 Å². The molecule has 10 heteroatoms. The maximum Gasteiger partial charge on any atom is 0.298 e. The lowest BCUT2D eigenvalue weighted by Gasteiger charge is -2.44. The highest BCUT2D eigenvalue weighted by molar-refractivity contribution is 5.94. The van der Waals surface area contributed by atoms with Gasteiger partial charge in [-0.2, -0.15) is 0 Å². The van der Waals surface area contributed by atoms with Gasteiger partial charge in [-0.15, -0.1) is 0 Å². The molecule has 0 radical (unpaired) electrons. The Morgan fingerprint density at radius 2 is 1.95 bits per heavy atom. The van der Waals surface area contributed by atoms with Gasteiger partial charge in [0.1, 0.15) is 11.9 Å². The number of amides is 1. The first-order valence-electron chi connectivity index (χ1n) is 14.4. The third-order valence-corrected chi connectivity index (χ3v) is 8.64. The molecule has 1 N–H and O–H groups in total. The van der Waals surface area contributed by atoms with Crippen molar-refractivity contribution in [2.75, 3.05) is 76.3 Å². The zero-order valence-corrected chi connectivity index (χ0v) is 23.9. The van der Waals surface area contributed by atoms with Gasteiger partial charge in [-0.3, -0.25) is 19.6 Å². The first-order chi connectivity index (χ1) is 19.4. The van der Waals surface area contributed by atoms with Crippen molar-refractivity contribution in [3.63, 3.8) is 0 Å². The van der Waals surface area contributed by atoms with Crippen LogP contribution in [0.2, 0.25) is 0 Å². The van der Waals surface area contributed by atoms with Crippen molar-refractivity contribution in [1.29, 1.82) is 0 Å². The Bertz CT molecular complexity index is 1330. The van der Waals surface area contributed by atoms with Crippen LogP contribution in [0.1, 0.15) is 49.4 Å². The Hall–Kier alpha value is -3.39. The Morgan fingerprint density at radius 1 is 1.15 bits per heavy atom. The lowest BCUT2D eigenvalue weighted by Crippen LogP contribution is -2.61. The van der Waals surface area contributed by atoms with Crippen molar-refractivity contribution < 1.29 is 14.3 Å². The second-order valence-corrected chi connectivity index (χ2v) is 11.1. The van der Waals surface area contributed by atoms with E-state index >= 15 is 0 Å². The highest BCUT2D eigenvalue weighted by Gasteiger charge is 2.37. The van der Waals surface area contributed by atoms with E-state index in [1.54, 1.807) is 6.92 Å². The summed E-state index contributed by atoms with van der Waals surface area (Å²) in [5.74, 6) is 6.93. The Kier molecular flexibility index (Phi) is 7.53. The number of nitrogens with one attached hydrogen (secondary N) is 1. The van der Waals surface area contributed by atoms with Crippen molar-refractivity contribution in [3.8, 4) is 17.6 Å². The maximum atomic E-state index is 12.1. The van der Waals surface area contributed by atoms with Crippen molar-refractivity contribution in [2.24, 2.45) is 0 Å². The summed E-state index contributed by atoms with van der Waals surface area (Å²) in [6.45, 7) is 13.4. The summed E-state index contributed by atoms with van der Waals surface area (Å²) in [5, 5.41) is 3.62. The largest absolute Gasteiger partial charge is 0.482 e. The number of pyridine rings is 2. The van der Waals surface area contributed by atoms with Crippen LogP contribution in [0.25, 0.3) is 0 Å². The molecule has 40 heavy (non-hydrogen) atoms. The number of carbonyl (C=O) groups is 1. The number of hydrogen-bond donors (Lipinski definition) is 1. The minimum Gasteiger partial charge on any atom is -0.482 e. The van der Waals surface area contributed by atoms with Gasteiger partial charge in [0.2, 0.25) is 0 Å². The van der Waals surface area contributed by atoms with Gasteiger partial charge in [-0.05, 0) is 52.3 Å². The first-order valence-corrected chi connectivity index (χ1v) is 14.4. The van der Waals surface area contributed by atoms with Crippen LogP contribution in [-0.4, -0.2) is 103 Å². The molecular formula is C30H39N7O3. The summed E-state index contributed by atoms with van der Waals surface area (Å²) in [4.78, 5) is 31.0. The number of aryl methyl sites for hydroxylation is 1. The van der Waals surface area contributed by atoms with Gasteiger partial charge in [0, 0.05) is 63.7 Å². The molecule has 0 bridgehead atoms. The van der Waals surface area contributed by atoms with E-state index in [4.69, 9.17) is 19.4 Å². The van der Waals surface area contributed by atoms with Crippen molar-refractivity contribution in [3.05, 3.63) is 35.3 Å². The molecule has 1 amide bonds. The average Bonchev–Trinajstić information content (AvgIpc) is 3.20. The van der Waals surface area contributed by atoms with E-state index < -0.39 is 0 Å². The third kappa shape index (κ3) is 5.09. The SMILES string of the molecule is CC#CC(=O)N1CC(N2CC[C@@H](c3cc4c(c(C)n3)O[C@@H](C)c3c(N5CCOCC5)ccnc3N4)N(C)CC2)C1. The number of nitrogens with zero attached hydrogens (tertiary/aromatic N) is 6. The van der Waals surface area contributed by atoms with Gasteiger partial charge in [-0.25, -0.2) is 4.98 Å². The predicted octanol–water partition coefficient (Wildman–Crippen LogP) is 2.73. The molecule has 10 nitrogen and oxygen atoms in total. The molecular weight excluding hydrogens is 506 g/mol. The topological polar surface area (TPSA) is 86.3 Å². The molecule has 6 rings (SSSR count). The van der Waals surface area contributed by atoms with E-state index in [0.717, 1.165) is 105 Å². The molecule has 2 aromatic heterocycles. The average molecular weight is 546 g/mol. The smallest absolute Gasteiger partial charge is 0.298 e. The third-order valence-electron chi connectivity index (χ3n) is 8.64. The minimum atomic E-state index is -0.173. The number of hydrogen-bond acceptors (Lipinski definition) is 9. The molecule has 4 aliphatic heterocycles. The molecule has 6 heterocycles. The number of carbonyl (C=O) groups excluding carboxylic acids is 1. The Morgan fingerprint density at radius 3 is 2.73 bits per heavy atom. The molecule has 4 aliphatic rings. The normalized spacial score (nSPS) is 23.8. The fraction of sp³-hybridized carbons (Fsp3) is 0.567. The van der Waals surface area contributed by atoms with Crippen LogP contribution in [0.3, 0.4) is 0 Å². The number of likely N-dealkylation sites (N-methyl/N-ethyl adjacent to an activating group) is 1. The number of anilines is 3. The Labute approximate surface area is 236 Å². The number of morpholine rings is 1. The highest BCUT2D eigenvalue weighted by Crippen LogP contribution is 2.44. The van der Waals surface area contributed by atoms with Gasteiger partial charge in [0.05, 0.1) is 41.9 Å². The van der Waals surface area contributed by atoms with E-state index in [1.807, 2.05) is 18.0 Å².